The van der Waals surface area contributed by atoms with E-state index in [4.69, 9.17) is 16.3 Å². The Labute approximate surface area is 239 Å². The molecule has 4 fully saturated rings. The third-order valence-electron chi connectivity index (χ3n) is 9.21. The molecule has 2 amide bonds. The fraction of sp³-hybridized carbons (Fsp3) is 0.500. The number of likely N-dealkylation sites (tertiary alicyclic amines) is 1. The molecular weight excluding hydrogens is 585 g/mol. The van der Waals surface area contributed by atoms with Gasteiger partial charge in [0, 0.05) is 36.5 Å². The van der Waals surface area contributed by atoms with Crippen molar-refractivity contribution in [3.05, 3.63) is 58.4 Å². The standard InChI is InChI=1S/C28H28ClF3N2O6S/c29-20-4-1-15(26(36)33-18-8-21(30)25(32)22(31)9-18)5-23(20)41(38,39)19-6-16-2-3-17(7-19)28(16,37)10-24(35)34-11-27(12-34)13-40-14-27/h1,4-5,8-9,16-17,19,37H,2-3,6-7,10-14H2,(H,33,36)/t16-,17?,19?,28?/m0/s1. The van der Waals surface area contributed by atoms with Crippen molar-refractivity contribution in [2.45, 2.75) is 47.9 Å². The minimum absolute atomic E-state index is 0.0486. The summed E-state index contributed by atoms with van der Waals surface area (Å²) < 4.78 is 73.2. The first kappa shape index (κ1) is 28.4. The van der Waals surface area contributed by atoms with Crippen LogP contribution in [0.4, 0.5) is 18.9 Å². The minimum Gasteiger partial charge on any atom is -0.389 e. The zero-order valence-electron chi connectivity index (χ0n) is 21.8. The fourth-order valence-corrected chi connectivity index (χ4v) is 9.29. The van der Waals surface area contributed by atoms with E-state index in [-0.39, 0.29) is 63.6 Å². The number of benzene rings is 2. The van der Waals surface area contributed by atoms with E-state index in [0.717, 1.165) is 6.07 Å². The molecule has 4 atom stereocenters. The van der Waals surface area contributed by atoms with Crippen LogP contribution in [0.15, 0.2) is 35.2 Å². The van der Waals surface area contributed by atoms with Crippen molar-refractivity contribution < 1.29 is 41.0 Å². The summed E-state index contributed by atoms with van der Waals surface area (Å²) in [5.74, 6) is -6.45. The lowest BCUT2D eigenvalue weighted by Gasteiger charge is -2.55. The van der Waals surface area contributed by atoms with Crippen molar-refractivity contribution in [2.24, 2.45) is 17.3 Å². The number of hydrogen-bond donors (Lipinski definition) is 2. The number of hydrogen-bond acceptors (Lipinski definition) is 6. The molecule has 6 rings (SSSR count). The summed E-state index contributed by atoms with van der Waals surface area (Å²) in [7, 11) is -4.07. The highest BCUT2D eigenvalue weighted by atomic mass is 35.5. The molecule has 1 spiro atoms. The number of sulfone groups is 1. The van der Waals surface area contributed by atoms with E-state index in [1.165, 1.54) is 12.1 Å². The topological polar surface area (TPSA) is 113 Å². The number of amides is 2. The number of halogens is 4. The van der Waals surface area contributed by atoms with Gasteiger partial charge in [0.1, 0.15) is 0 Å². The highest BCUT2D eigenvalue weighted by Crippen LogP contribution is 2.54. The lowest BCUT2D eigenvalue weighted by atomic mass is 9.71. The van der Waals surface area contributed by atoms with Gasteiger partial charge in [-0.05, 0) is 55.7 Å². The van der Waals surface area contributed by atoms with Crippen LogP contribution in [0, 0.1) is 34.7 Å². The van der Waals surface area contributed by atoms with E-state index >= 15 is 0 Å². The number of rotatable bonds is 6. The van der Waals surface area contributed by atoms with Crippen molar-refractivity contribution in [2.75, 3.05) is 31.6 Å². The number of nitrogens with zero attached hydrogens (tertiary/aromatic N) is 1. The minimum atomic E-state index is -4.07. The van der Waals surface area contributed by atoms with Crippen LogP contribution in [0.2, 0.25) is 5.02 Å². The Kier molecular flexibility index (Phi) is 6.91. The zero-order chi connectivity index (χ0) is 29.3. The van der Waals surface area contributed by atoms with Gasteiger partial charge in [-0.15, -0.1) is 0 Å². The summed E-state index contributed by atoms with van der Waals surface area (Å²) in [6.07, 6.45) is 1.42. The molecule has 2 aliphatic carbocycles. The molecule has 2 saturated heterocycles. The van der Waals surface area contributed by atoms with Crippen LogP contribution >= 0.6 is 11.6 Å². The molecule has 3 unspecified atom stereocenters. The first-order valence-corrected chi connectivity index (χ1v) is 15.3. The summed E-state index contributed by atoms with van der Waals surface area (Å²) >= 11 is 6.27. The van der Waals surface area contributed by atoms with E-state index in [1.807, 2.05) is 0 Å². The highest BCUT2D eigenvalue weighted by molar-refractivity contribution is 7.92. The Bertz CT molecular complexity index is 1500. The fourth-order valence-electron chi connectivity index (χ4n) is 6.89. The third kappa shape index (κ3) is 4.82. The number of aliphatic hydroxyl groups is 1. The van der Waals surface area contributed by atoms with Gasteiger partial charge in [0.15, 0.2) is 27.3 Å². The normalized spacial score (nSPS) is 28.2. The summed E-state index contributed by atoms with van der Waals surface area (Å²) in [6.45, 7) is 2.50. The number of carbonyl (C=O) groups is 2. The molecule has 2 aliphatic heterocycles. The monoisotopic (exact) mass is 612 g/mol. The average Bonchev–Trinajstić information content (AvgIpc) is 3.02. The van der Waals surface area contributed by atoms with Crippen LogP contribution in [-0.2, 0) is 19.4 Å². The molecule has 2 saturated carbocycles. The third-order valence-corrected chi connectivity index (χ3v) is 11.9. The molecule has 0 aromatic heterocycles. The van der Waals surface area contributed by atoms with Crippen molar-refractivity contribution in [3.63, 3.8) is 0 Å². The smallest absolute Gasteiger partial charge is 0.255 e. The first-order chi connectivity index (χ1) is 19.3. The van der Waals surface area contributed by atoms with Gasteiger partial charge in [0.05, 0.1) is 45.8 Å². The average molecular weight is 613 g/mol. The van der Waals surface area contributed by atoms with Crippen LogP contribution in [0.3, 0.4) is 0 Å². The number of fused-ring (bicyclic) bond motifs is 2. The number of nitrogens with one attached hydrogen (secondary N) is 1. The van der Waals surface area contributed by atoms with Crippen LogP contribution < -0.4 is 5.32 Å². The lowest BCUT2D eigenvalue weighted by molar-refractivity contribution is -0.199. The molecule has 8 nitrogen and oxygen atoms in total. The largest absolute Gasteiger partial charge is 0.389 e. The van der Waals surface area contributed by atoms with Gasteiger partial charge >= 0.3 is 0 Å². The molecule has 2 aromatic rings. The zero-order valence-corrected chi connectivity index (χ0v) is 23.4. The lowest BCUT2D eigenvalue weighted by Crippen LogP contribution is -2.67. The molecule has 2 heterocycles. The second kappa shape index (κ2) is 9.96. The van der Waals surface area contributed by atoms with Gasteiger partial charge in [-0.25, -0.2) is 21.6 Å². The van der Waals surface area contributed by atoms with Gasteiger partial charge < -0.3 is 20.1 Å². The second-order valence-corrected chi connectivity index (χ2v) is 14.5. The highest BCUT2D eigenvalue weighted by Gasteiger charge is 2.58. The Morgan fingerprint density at radius 1 is 1.05 bits per heavy atom. The summed E-state index contributed by atoms with van der Waals surface area (Å²) in [5, 5.41) is 12.9. The van der Waals surface area contributed by atoms with E-state index < -0.39 is 44.0 Å². The second-order valence-electron chi connectivity index (χ2n) is 11.9. The molecule has 0 radical (unpaired) electrons. The Hall–Kier alpha value is -2.67. The number of ether oxygens (including phenoxy) is 1. The molecule has 2 N–H and O–H groups in total. The molecule has 41 heavy (non-hydrogen) atoms. The van der Waals surface area contributed by atoms with Crippen LogP contribution in [-0.4, -0.2) is 67.4 Å². The van der Waals surface area contributed by atoms with E-state index in [9.17, 15) is 36.3 Å². The molecule has 4 aliphatic rings. The molecule has 2 bridgehead atoms. The van der Waals surface area contributed by atoms with E-state index in [1.54, 1.807) is 4.90 Å². The maximum absolute atomic E-state index is 13.8. The molecule has 13 heteroatoms. The predicted molar refractivity (Wildman–Crippen MR) is 142 cm³/mol. The Morgan fingerprint density at radius 3 is 2.22 bits per heavy atom. The summed E-state index contributed by atoms with van der Waals surface area (Å²) in [5.41, 5.74) is -1.71. The van der Waals surface area contributed by atoms with E-state index in [2.05, 4.69) is 5.32 Å². The number of anilines is 1. The SMILES string of the molecule is O=C(Nc1cc(F)c(F)c(F)c1)c1ccc(Cl)c(S(=O)(=O)C2CC3CC[C@@H](C2)C3(O)CC(=O)N2CC3(COC3)C2)c1. The quantitative estimate of drug-likeness (QED) is 0.478. The van der Waals surface area contributed by atoms with Crippen LogP contribution in [0.1, 0.15) is 42.5 Å². The van der Waals surface area contributed by atoms with Gasteiger partial charge in [0.25, 0.3) is 5.91 Å². The Morgan fingerprint density at radius 2 is 1.66 bits per heavy atom. The summed E-state index contributed by atoms with van der Waals surface area (Å²) in [4.78, 5) is 27.2. The van der Waals surface area contributed by atoms with Crippen molar-refractivity contribution in [1.29, 1.82) is 0 Å². The molecular formula is C28H28ClF3N2O6S. The van der Waals surface area contributed by atoms with E-state index in [0.29, 0.717) is 51.3 Å². The van der Waals surface area contributed by atoms with Gasteiger partial charge in [-0.3, -0.25) is 9.59 Å². The Balaban J connectivity index is 1.17. The van der Waals surface area contributed by atoms with Crippen LogP contribution in [0.25, 0.3) is 0 Å². The van der Waals surface area contributed by atoms with Gasteiger partial charge in [-0.2, -0.15) is 0 Å². The van der Waals surface area contributed by atoms with Crippen molar-refractivity contribution in [3.8, 4) is 0 Å². The van der Waals surface area contributed by atoms with Crippen molar-refractivity contribution in [1.82, 2.24) is 4.90 Å². The number of carbonyl (C=O) groups excluding carboxylic acids is 2. The van der Waals surface area contributed by atoms with Crippen molar-refractivity contribution >= 4 is 38.9 Å². The summed E-state index contributed by atoms with van der Waals surface area (Å²) in [6, 6.07) is 4.82. The maximum atomic E-state index is 13.8. The molecule has 220 valence electrons. The maximum Gasteiger partial charge on any atom is 0.255 e. The van der Waals surface area contributed by atoms with Gasteiger partial charge in [0.2, 0.25) is 5.91 Å². The first-order valence-electron chi connectivity index (χ1n) is 13.4. The molecule has 2 aromatic carbocycles. The predicted octanol–water partition coefficient (Wildman–Crippen LogP) is 3.95. The van der Waals surface area contributed by atoms with Crippen LogP contribution in [0.5, 0.6) is 0 Å². The van der Waals surface area contributed by atoms with Gasteiger partial charge in [-0.1, -0.05) is 11.6 Å².